The van der Waals surface area contributed by atoms with E-state index in [1.54, 1.807) is 32.4 Å². The van der Waals surface area contributed by atoms with Crippen LogP contribution in [0.25, 0.3) is 0 Å². The average molecular weight is 475 g/mol. The van der Waals surface area contributed by atoms with Gasteiger partial charge in [0.2, 0.25) is 0 Å². The summed E-state index contributed by atoms with van der Waals surface area (Å²) >= 11 is 0. The van der Waals surface area contributed by atoms with Crippen LogP contribution in [0.3, 0.4) is 0 Å². The molecular formula is C26H34O8. The van der Waals surface area contributed by atoms with Crippen LogP contribution in [0, 0.1) is 24.2 Å². The highest BCUT2D eigenvalue weighted by molar-refractivity contribution is 6.00. The number of allylic oxidation sites excluding steroid dienone is 1. The Labute approximate surface area is 200 Å². The van der Waals surface area contributed by atoms with Crippen molar-refractivity contribution in [2.24, 2.45) is 17.3 Å². The molecule has 1 aromatic rings. The predicted octanol–water partition coefficient (Wildman–Crippen LogP) is 3.77. The van der Waals surface area contributed by atoms with E-state index < -0.39 is 41.1 Å². The van der Waals surface area contributed by atoms with E-state index in [-0.39, 0.29) is 19.1 Å². The fourth-order valence-electron chi connectivity index (χ4n) is 4.86. The quantitative estimate of drug-likeness (QED) is 0.281. The van der Waals surface area contributed by atoms with Crippen LogP contribution in [0.1, 0.15) is 46.6 Å². The van der Waals surface area contributed by atoms with Crippen LogP contribution in [-0.4, -0.2) is 48.9 Å². The summed E-state index contributed by atoms with van der Waals surface area (Å²) in [6, 6.07) is 1.92. The number of furan rings is 1. The zero-order valence-electron chi connectivity index (χ0n) is 19.5. The van der Waals surface area contributed by atoms with E-state index >= 15 is 0 Å². The maximum atomic E-state index is 13.4. The lowest BCUT2D eigenvalue weighted by Gasteiger charge is -2.46. The van der Waals surface area contributed by atoms with Gasteiger partial charge in [-0.05, 0) is 68.9 Å². The minimum atomic E-state index is -1.20. The maximum Gasteiger partial charge on any atom is 0.338 e. The third-order valence-electron chi connectivity index (χ3n) is 7.13. The molecule has 0 aromatic carbocycles. The first-order valence-corrected chi connectivity index (χ1v) is 11.0. The molecule has 3 aliphatic rings. The molecule has 1 aliphatic carbocycles. The molecule has 8 heteroatoms. The van der Waals surface area contributed by atoms with E-state index in [2.05, 4.69) is 0 Å². The number of cyclic esters (lactones) is 1. The van der Waals surface area contributed by atoms with Crippen LogP contribution >= 0.6 is 0 Å². The first kappa shape index (κ1) is 27.2. The van der Waals surface area contributed by atoms with Crippen molar-refractivity contribution in [2.75, 3.05) is 7.11 Å². The number of aldehydes is 1. The number of carbonyl (C=O) groups excluding carboxylic acids is 4. The molecule has 0 amide bonds. The van der Waals surface area contributed by atoms with Crippen molar-refractivity contribution in [3.8, 4) is 0 Å². The summed E-state index contributed by atoms with van der Waals surface area (Å²) in [5.74, 6) is -1.97. The number of epoxide rings is 1. The highest BCUT2D eigenvalue weighted by atomic mass is 16.7. The van der Waals surface area contributed by atoms with Crippen LogP contribution in [0.15, 0.2) is 46.8 Å². The highest BCUT2D eigenvalue weighted by Crippen LogP contribution is 2.63. The molecule has 186 valence electrons. The SMILES string of the molecule is C.COC(=O)[C@H]1O[C@@]12[C@H](C=O)CCC(C)[C@@]2(C)C(=O)/C=C1\C=CC(=O)O[C@@H]1C.Cc1ccoc1. The largest absolute Gasteiger partial charge is 0.472 e. The molecule has 4 rings (SSSR count). The lowest BCUT2D eigenvalue weighted by molar-refractivity contribution is -0.144. The number of hydrogen-bond acceptors (Lipinski definition) is 8. The number of aryl methyl sites for hydroxylation is 1. The number of hydrogen-bond donors (Lipinski definition) is 0. The van der Waals surface area contributed by atoms with Gasteiger partial charge in [-0.2, -0.15) is 0 Å². The molecule has 1 aromatic heterocycles. The molecule has 34 heavy (non-hydrogen) atoms. The van der Waals surface area contributed by atoms with E-state index in [4.69, 9.17) is 18.6 Å². The molecule has 1 spiro atoms. The fourth-order valence-corrected chi connectivity index (χ4v) is 4.86. The zero-order chi connectivity index (χ0) is 24.4. The minimum absolute atomic E-state index is 0. The number of ether oxygens (including phenoxy) is 3. The van der Waals surface area contributed by atoms with Gasteiger partial charge in [-0.1, -0.05) is 14.4 Å². The minimum Gasteiger partial charge on any atom is -0.472 e. The van der Waals surface area contributed by atoms with E-state index in [0.717, 1.165) is 6.29 Å². The fraction of sp³-hybridized carbons (Fsp3) is 0.538. The van der Waals surface area contributed by atoms with Crippen molar-refractivity contribution in [3.63, 3.8) is 0 Å². The maximum absolute atomic E-state index is 13.4. The standard InChI is InChI=1S/C20H24O7.C5H6O.CH4/c1-11-5-7-14(10-21)20(17(27-20)18(24)25-4)19(11,3)15(22)9-13-6-8-16(23)26-12(13)2;1-5-2-3-6-4-5;/h6,8-12,14,17H,5,7H2,1-4H3;2-4H,1H3;1H4/b13-9+;;/t11?,12-,14+,17-,19+,20+;;/m1../s1. The molecule has 2 aliphatic heterocycles. The van der Waals surface area contributed by atoms with Crippen molar-refractivity contribution in [1.29, 1.82) is 0 Å². The molecular weight excluding hydrogens is 440 g/mol. The Morgan fingerprint density at radius 2 is 1.91 bits per heavy atom. The van der Waals surface area contributed by atoms with Crippen LogP contribution < -0.4 is 0 Å². The molecule has 6 atom stereocenters. The summed E-state index contributed by atoms with van der Waals surface area (Å²) < 4.78 is 20.4. The summed E-state index contributed by atoms with van der Waals surface area (Å²) in [5, 5.41) is 0. The van der Waals surface area contributed by atoms with Crippen LogP contribution in [0.4, 0.5) is 0 Å². The van der Waals surface area contributed by atoms with Crippen LogP contribution in [0.2, 0.25) is 0 Å². The number of esters is 2. The van der Waals surface area contributed by atoms with Crippen LogP contribution in [-0.2, 0) is 33.4 Å². The van der Waals surface area contributed by atoms with Crippen LogP contribution in [0.5, 0.6) is 0 Å². The van der Waals surface area contributed by atoms with Gasteiger partial charge < -0.3 is 23.4 Å². The molecule has 1 unspecified atom stereocenters. The number of methoxy groups -OCH3 is 1. The molecule has 3 heterocycles. The van der Waals surface area contributed by atoms with Gasteiger partial charge >= 0.3 is 11.9 Å². The molecule has 1 saturated carbocycles. The summed E-state index contributed by atoms with van der Waals surface area (Å²) in [7, 11) is 1.25. The van der Waals surface area contributed by atoms with Crippen molar-refractivity contribution in [3.05, 3.63) is 48.0 Å². The molecule has 0 N–H and O–H groups in total. The Hall–Kier alpha value is -3.00. The third-order valence-corrected chi connectivity index (χ3v) is 7.13. The van der Waals surface area contributed by atoms with Crippen molar-refractivity contribution in [1.82, 2.24) is 0 Å². The average Bonchev–Trinajstić information content (AvgIpc) is 3.35. The first-order valence-electron chi connectivity index (χ1n) is 11.0. The Bertz CT molecular complexity index is 975. The predicted molar refractivity (Wildman–Crippen MR) is 124 cm³/mol. The molecule has 2 fully saturated rings. The first-order chi connectivity index (χ1) is 15.6. The Morgan fingerprint density at radius 3 is 2.41 bits per heavy atom. The molecule has 8 nitrogen and oxygen atoms in total. The second-order valence-electron chi connectivity index (χ2n) is 8.96. The van der Waals surface area contributed by atoms with Gasteiger partial charge in [-0.15, -0.1) is 0 Å². The lowest BCUT2D eigenvalue weighted by atomic mass is 9.54. The normalized spacial score (nSPS) is 34.9. The number of carbonyl (C=O) groups is 4. The van der Waals surface area contributed by atoms with Crippen molar-refractivity contribution >= 4 is 24.0 Å². The Balaban J connectivity index is 0.000000508. The van der Waals surface area contributed by atoms with Gasteiger partial charge in [0.15, 0.2) is 11.9 Å². The Morgan fingerprint density at radius 1 is 1.21 bits per heavy atom. The zero-order valence-corrected chi connectivity index (χ0v) is 19.5. The van der Waals surface area contributed by atoms with E-state index in [1.165, 1.54) is 24.8 Å². The third kappa shape index (κ3) is 4.64. The second kappa shape index (κ2) is 10.5. The molecule has 0 radical (unpaired) electrons. The van der Waals surface area contributed by atoms with Gasteiger partial charge in [0.1, 0.15) is 18.0 Å². The van der Waals surface area contributed by atoms with Gasteiger partial charge in [0.05, 0.1) is 25.1 Å². The topological polar surface area (TPSA) is 112 Å². The van der Waals surface area contributed by atoms with E-state index in [0.29, 0.717) is 18.4 Å². The smallest absolute Gasteiger partial charge is 0.338 e. The number of ketones is 1. The van der Waals surface area contributed by atoms with Gasteiger partial charge in [0, 0.05) is 12.0 Å². The number of rotatable bonds is 4. The lowest BCUT2D eigenvalue weighted by Crippen LogP contribution is -2.56. The molecule has 1 saturated heterocycles. The Kier molecular flexibility index (Phi) is 8.42. The molecule has 0 bridgehead atoms. The summed E-state index contributed by atoms with van der Waals surface area (Å²) in [4.78, 5) is 48.6. The van der Waals surface area contributed by atoms with Gasteiger partial charge in [0.25, 0.3) is 0 Å². The second-order valence-corrected chi connectivity index (χ2v) is 8.96. The summed E-state index contributed by atoms with van der Waals surface area (Å²) in [6.45, 7) is 7.35. The van der Waals surface area contributed by atoms with E-state index in [1.807, 2.05) is 19.9 Å². The van der Waals surface area contributed by atoms with Crippen molar-refractivity contribution < 1.29 is 37.8 Å². The van der Waals surface area contributed by atoms with E-state index in [9.17, 15) is 19.2 Å². The summed E-state index contributed by atoms with van der Waals surface area (Å²) in [6.07, 6.45) is 8.12. The van der Waals surface area contributed by atoms with Crippen molar-refractivity contribution in [2.45, 2.75) is 65.8 Å². The highest BCUT2D eigenvalue weighted by Gasteiger charge is 2.78. The monoisotopic (exact) mass is 474 g/mol. The van der Waals surface area contributed by atoms with Gasteiger partial charge in [-0.25, -0.2) is 9.59 Å². The van der Waals surface area contributed by atoms with Gasteiger partial charge in [-0.3, -0.25) is 4.79 Å². The summed E-state index contributed by atoms with van der Waals surface area (Å²) in [5.41, 5.74) is -0.550.